The zero-order valence-electron chi connectivity index (χ0n) is 12.3. The van der Waals surface area contributed by atoms with Crippen molar-refractivity contribution in [1.82, 2.24) is 5.32 Å². The Kier molecular flexibility index (Phi) is 5.83. The van der Waals surface area contributed by atoms with Gasteiger partial charge in [-0.2, -0.15) is 0 Å². The van der Waals surface area contributed by atoms with Gasteiger partial charge in [0, 0.05) is 24.3 Å². The van der Waals surface area contributed by atoms with Crippen LogP contribution in [-0.2, 0) is 13.0 Å². The lowest BCUT2D eigenvalue weighted by Gasteiger charge is -2.10. The van der Waals surface area contributed by atoms with Gasteiger partial charge in [0.2, 0.25) is 0 Å². The highest BCUT2D eigenvalue weighted by Crippen LogP contribution is 2.25. The van der Waals surface area contributed by atoms with Crippen LogP contribution in [0.25, 0.3) is 0 Å². The minimum absolute atomic E-state index is 0. The van der Waals surface area contributed by atoms with Crippen LogP contribution in [-0.4, -0.2) is 19.1 Å². The fourth-order valence-corrected chi connectivity index (χ4v) is 3.28. The number of nitrogens with one attached hydrogen (secondary N) is 2. The molecule has 1 aromatic carbocycles. The standard InChI is InChI=1S/C16H18N2O2S.ClH/c1-2-11-5-8-21-15(11)16(19)18-13-3-4-14-12(9-13)10-17-6-7-20-14;/h3-5,8-9,17H,2,6-7,10H2,1H3,(H,18,19);1H. The molecule has 2 aromatic rings. The summed E-state index contributed by atoms with van der Waals surface area (Å²) in [5.41, 5.74) is 2.98. The van der Waals surface area contributed by atoms with Crippen LogP contribution in [0.1, 0.15) is 27.7 Å². The number of amides is 1. The van der Waals surface area contributed by atoms with Crippen LogP contribution < -0.4 is 15.4 Å². The molecule has 3 rings (SSSR count). The average Bonchev–Trinajstić information content (AvgIpc) is 2.86. The van der Waals surface area contributed by atoms with Crippen LogP contribution in [0.5, 0.6) is 5.75 Å². The van der Waals surface area contributed by atoms with Crippen LogP contribution in [0, 0.1) is 0 Å². The fraction of sp³-hybridized carbons (Fsp3) is 0.312. The summed E-state index contributed by atoms with van der Waals surface area (Å²) in [6.45, 7) is 4.34. The van der Waals surface area contributed by atoms with Crippen molar-refractivity contribution >= 4 is 35.3 Å². The Labute approximate surface area is 140 Å². The second-order valence-corrected chi connectivity index (χ2v) is 5.85. The van der Waals surface area contributed by atoms with E-state index in [0.29, 0.717) is 6.61 Å². The highest BCUT2D eigenvalue weighted by Gasteiger charge is 2.14. The Morgan fingerprint density at radius 3 is 3.09 bits per heavy atom. The van der Waals surface area contributed by atoms with Gasteiger partial charge >= 0.3 is 0 Å². The number of hydrogen-bond acceptors (Lipinski definition) is 4. The Bertz CT molecular complexity index is 657. The number of thiophene rings is 1. The van der Waals surface area contributed by atoms with Gasteiger partial charge in [0.1, 0.15) is 12.4 Å². The molecule has 118 valence electrons. The largest absolute Gasteiger partial charge is 0.492 e. The Hall–Kier alpha value is -1.56. The van der Waals surface area contributed by atoms with Crippen LogP contribution in [0.4, 0.5) is 5.69 Å². The van der Waals surface area contributed by atoms with Crippen molar-refractivity contribution in [2.75, 3.05) is 18.5 Å². The maximum absolute atomic E-state index is 12.3. The first-order valence-electron chi connectivity index (χ1n) is 7.12. The van der Waals surface area contributed by atoms with E-state index in [0.717, 1.165) is 47.0 Å². The summed E-state index contributed by atoms with van der Waals surface area (Å²) < 4.78 is 5.64. The van der Waals surface area contributed by atoms with E-state index in [1.54, 1.807) is 0 Å². The second-order valence-electron chi connectivity index (χ2n) is 4.93. The van der Waals surface area contributed by atoms with Crippen molar-refractivity contribution in [3.63, 3.8) is 0 Å². The molecule has 0 bridgehead atoms. The number of aryl methyl sites for hydroxylation is 1. The summed E-state index contributed by atoms with van der Waals surface area (Å²) in [6.07, 6.45) is 0.869. The molecule has 0 aliphatic carbocycles. The predicted molar refractivity (Wildman–Crippen MR) is 92.5 cm³/mol. The first-order chi connectivity index (χ1) is 10.3. The third-order valence-electron chi connectivity index (χ3n) is 3.50. The van der Waals surface area contributed by atoms with Gasteiger partial charge < -0.3 is 15.4 Å². The van der Waals surface area contributed by atoms with E-state index in [2.05, 4.69) is 17.6 Å². The summed E-state index contributed by atoms with van der Waals surface area (Å²) in [5.74, 6) is 0.854. The average molecular weight is 339 g/mol. The molecule has 2 heterocycles. The SMILES string of the molecule is CCc1ccsc1C(=O)Nc1ccc2c(c1)CNCCO2.Cl. The van der Waals surface area contributed by atoms with Crippen molar-refractivity contribution < 1.29 is 9.53 Å². The first-order valence-corrected chi connectivity index (χ1v) is 8.00. The molecular formula is C16H19ClN2O2S. The molecule has 1 aromatic heterocycles. The van der Waals surface area contributed by atoms with Crippen LogP contribution in [0.3, 0.4) is 0 Å². The Balaban J connectivity index is 0.00000176. The lowest BCUT2D eigenvalue weighted by atomic mass is 10.1. The minimum atomic E-state index is -0.0377. The lowest BCUT2D eigenvalue weighted by molar-refractivity contribution is 0.103. The monoisotopic (exact) mass is 338 g/mol. The molecule has 6 heteroatoms. The van der Waals surface area contributed by atoms with Gasteiger partial charge in [-0.1, -0.05) is 6.92 Å². The molecular weight excluding hydrogens is 320 g/mol. The van der Waals surface area contributed by atoms with Crippen molar-refractivity contribution in [3.05, 3.63) is 45.6 Å². The van der Waals surface area contributed by atoms with Gasteiger partial charge in [-0.15, -0.1) is 23.7 Å². The quantitative estimate of drug-likeness (QED) is 0.901. The molecule has 22 heavy (non-hydrogen) atoms. The molecule has 0 saturated carbocycles. The third kappa shape index (κ3) is 3.61. The highest BCUT2D eigenvalue weighted by molar-refractivity contribution is 7.12. The molecule has 0 radical (unpaired) electrons. The number of ether oxygens (including phenoxy) is 1. The third-order valence-corrected chi connectivity index (χ3v) is 4.46. The van der Waals surface area contributed by atoms with Gasteiger partial charge in [-0.3, -0.25) is 4.79 Å². The molecule has 0 spiro atoms. The fourth-order valence-electron chi connectivity index (χ4n) is 2.39. The highest BCUT2D eigenvalue weighted by atomic mass is 35.5. The molecule has 1 aliphatic heterocycles. The number of carbonyl (C=O) groups is 1. The van der Waals surface area contributed by atoms with E-state index in [-0.39, 0.29) is 18.3 Å². The lowest BCUT2D eigenvalue weighted by Crippen LogP contribution is -2.16. The van der Waals surface area contributed by atoms with Gasteiger partial charge in [0.15, 0.2) is 0 Å². The van der Waals surface area contributed by atoms with E-state index < -0.39 is 0 Å². The molecule has 1 aliphatic rings. The summed E-state index contributed by atoms with van der Waals surface area (Å²) >= 11 is 1.48. The van der Waals surface area contributed by atoms with E-state index in [1.165, 1.54) is 11.3 Å². The molecule has 4 nitrogen and oxygen atoms in total. The molecule has 1 amide bonds. The van der Waals surface area contributed by atoms with Crippen LogP contribution in [0.2, 0.25) is 0 Å². The van der Waals surface area contributed by atoms with Crippen molar-refractivity contribution in [1.29, 1.82) is 0 Å². The van der Waals surface area contributed by atoms with E-state index in [9.17, 15) is 4.79 Å². The topological polar surface area (TPSA) is 50.4 Å². The number of benzene rings is 1. The summed E-state index contributed by atoms with van der Waals surface area (Å²) in [7, 11) is 0. The molecule has 0 atom stereocenters. The van der Waals surface area contributed by atoms with Gasteiger partial charge in [0.25, 0.3) is 5.91 Å². The number of hydrogen-bond donors (Lipinski definition) is 2. The van der Waals surface area contributed by atoms with Gasteiger partial charge in [-0.25, -0.2) is 0 Å². The zero-order chi connectivity index (χ0) is 14.7. The molecule has 0 fully saturated rings. The van der Waals surface area contributed by atoms with Crippen LogP contribution in [0.15, 0.2) is 29.6 Å². The van der Waals surface area contributed by atoms with Crippen molar-refractivity contribution in [3.8, 4) is 5.75 Å². The predicted octanol–water partition coefficient (Wildman–Crippen LogP) is 3.47. The maximum Gasteiger partial charge on any atom is 0.266 e. The number of anilines is 1. The molecule has 0 saturated heterocycles. The number of halogens is 1. The van der Waals surface area contributed by atoms with Crippen molar-refractivity contribution in [2.45, 2.75) is 19.9 Å². The summed E-state index contributed by atoms with van der Waals surface area (Å²) in [4.78, 5) is 13.1. The summed E-state index contributed by atoms with van der Waals surface area (Å²) in [5, 5.41) is 8.23. The summed E-state index contributed by atoms with van der Waals surface area (Å²) in [6, 6.07) is 7.80. The number of carbonyl (C=O) groups excluding carboxylic acids is 1. The van der Waals surface area contributed by atoms with E-state index in [4.69, 9.17) is 4.74 Å². The zero-order valence-corrected chi connectivity index (χ0v) is 14.0. The van der Waals surface area contributed by atoms with Gasteiger partial charge in [0.05, 0.1) is 4.88 Å². The Morgan fingerprint density at radius 2 is 2.27 bits per heavy atom. The molecule has 0 unspecified atom stereocenters. The molecule has 2 N–H and O–H groups in total. The van der Waals surface area contributed by atoms with Crippen molar-refractivity contribution in [2.24, 2.45) is 0 Å². The Morgan fingerprint density at radius 1 is 1.41 bits per heavy atom. The maximum atomic E-state index is 12.3. The minimum Gasteiger partial charge on any atom is -0.492 e. The normalized spacial score (nSPS) is 13.3. The van der Waals surface area contributed by atoms with E-state index >= 15 is 0 Å². The second kappa shape index (κ2) is 7.63. The smallest absolute Gasteiger partial charge is 0.266 e. The number of fused-ring (bicyclic) bond motifs is 1. The van der Waals surface area contributed by atoms with Crippen LogP contribution >= 0.6 is 23.7 Å². The first kappa shape index (κ1) is 16.8. The van der Waals surface area contributed by atoms with E-state index in [1.807, 2.05) is 29.6 Å². The number of rotatable bonds is 3. The van der Waals surface area contributed by atoms with Gasteiger partial charge in [-0.05, 0) is 41.6 Å².